The van der Waals surface area contributed by atoms with Crippen LogP contribution in [0.1, 0.15) is 19.3 Å². The van der Waals surface area contributed by atoms with Crippen molar-refractivity contribution in [2.45, 2.75) is 25.3 Å². The van der Waals surface area contributed by atoms with Crippen LogP contribution in [0.2, 0.25) is 0 Å². The van der Waals surface area contributed by atoms with E-state index in [0.29, 0.717) is 38.9 Å². The van der Waals surface area contributed by atoms with Crippen LogP contribution in [-0.2, 0) is 9.59 Å². The zero-order valence-electron chi connectivity index (χ0n) is 10.8. The van der Waals surface area contributed by atoms with Crippen LogP contribution < -0.4 is 17.2 Å². The maximum Gasteiger partial charge on any atom is 0.326 e. The van der Waals surface area contributed by atoms with Gasteiger partial charge in [0.05, 0.1) is 0 Å². The Bertz CT molecular complexity index is 367. The number of aliphatic imine (C=N–C) groups is 1. The Kier molecular flexibility index (Phi) is 5.56. The number of carbonyl (C=O) groups is 2. The van der Waals surface area contributed by atoms with E-state index in [1.807, 2.05) is 0 Å². The summed E-state index contributed by atoms with van der Waals surface area (Å²) in [6.07, 6.45) is 1.16. The summed E-state index contributed by atoms with van der Waals surface area (Å²) in [5, 5.41) is 9.21. The maximum absolute atomic E-state index is 11.8. The lowest BCUT2D eigenvalue weighted by Crippen LogP contribution is -2.42. The average Bonchev–Trinajstić information content (AvgIpc) is 2.69. The molecular formula is C11H21N5O3. The highest BCUT2D eigenvalue weighted by molar-refractivity contribution is 5.85. The summed E-state index contributed by atoms with van der Waals surface area (Å²) in [7, 11) is 0. The minimum Gasteiger partial charge on any atom is -0.480 e. The molecule has 2 unspecified atom stereocenters. The molecule has 19 heavy (non-hydrogen) atoms. The Hall–Kier alpha value is -1.83. The number of likely N-dealkylation sites (tertiary alicyclic amines) is 1. The van der Waals surface area contributed by atoms with Crippen molar-refractivity contribution in [3.05, 3.63) is 0 Å². The third-order valence-corrected chi connectivity index (χ3v) is 3.16. The van der Waals surface area contributed by atoms with Gasteiger partial charge in [0, 0.05) is 19.5 Å². The molecule has 0 spiro atoms. The first-order chi connectivity index (χ1) is 8.95. The van der Waals surface area contributed by atoms with E-state index in [-0.39, 0.29) is 17.8 Å². The number of carboxylic acids is 1. The highest BCUT2D eigenvalue weighted by Gasteiger charge is 2.36. The highest BCUT2D eigenvalue weighted by atomic mass is 16.4. The number of nitrogens with zero attached hydrogens (tertiary/aromatic N) is 2. The predicted molar refractivity (Wildman–Crippen MR) is 70.2 cm³/mol. The van der Waals surface area contributed by atoms with Gasteiger partial charge in [-0.05, 0) is 25.3 Å². The van der Waals surface area contributed by atoms with E-state index in [4.69, 9.17) is 17.2 Å². The molecule has 1 saturated heterocycles. The lowest BCUT2D eigenvalue weighted by molar-refractivity contribution is -0.148. The number of hydrogen-bond acceptors (Lipinski definition) is 4. The second-order valence-electron chi connectivity index (χ2n) is 4.65. The van der Waals surface area contributed by atoms with Gasteiger partial charge in [-0.1, -0.05) is 0 Å². The molecule has 1 fully saturated rings. The summed E-state index contributed by atoms with van der Waals surface area (Å²) >= 11 is 0. The highest BCUT2D eigenvalue weighted by Crippen LogP contribution is 2.21. The molecule has 8 nitrogen and oxygen atoms in total. The second kappa shape index (κ2) is 6.93. The summed E-state index contributed by atoms with van der Waals surface area (Å²) in [6.45, 7) is 1.16. The molecule has 0 saturated carbocycles. The number of carbonyl (C=O) groups excluding carboxylic acids is 1. The molecule has 1 rings (SSSR count). The van der Waals surface area contributed by atoms with Crippen LogP contribution in [0.25, 0.3) is 0 Å². The molecule has 0 aromatic carbocycles. The number of amides is 1. The summed E-state index contributed by atoms with van der Waals surface area (Å²) in [5.74, 6) is -1.13. The molecule has 0 aromatic rings. The summed E-state index contributed by atoms with van der Waals surface area (Å²) in [6, 6.07) is -0.821. The lowest BCUT2D eigenvalue weighted by atomic mass is 10.1. The monoisotopic (exact) mass is 271 g/mol. The summed E-state index contributed by atoms with van der Waals surface area (Å²) in [4.78, 5) is 28.2. The predicted octanol–water partition coefficient (Wildman–Crippen LogP) is -1.70. The lowest BCUT2D eigenvalue weighted by Gasteiger charge is -2.24. The van der Waals surface area contributed by atoms with E-state index < -0.39 is 12.0 Å². The van der Waals surface area contributed by atoms with Crippen molar-refractivity contribution in [2.75, 3.05) is 19.6 Å². The van der Waals surface area contributed by atoms with Gasteiger partial charge >= 0.3 is 5.97 Å². The Morgan fingerprint density at radius 2 is 2.21 bits per heavy atom. The van der Waals surface area contributed by atoms with E-state index in [0.717, 1.165) is 0 Å². The Morgan fingerprint density at radius 3 is 2.68 bits per heavy atom. The molecule has 2 atom stereocenters. The van der Waals surface area contributed by atoms with E-state index in [1.165, 1.54) is 4.90 Å². The largest absolute Gasteiger partial charge is 0.480 e. The molecule has 0 aromatic heterocycles. The topological polar surface area (TPSA) is 148 Å². The number of aliphatic carboxylic acids is 1. The van der Waals surface area contributed by atoms with Crippen molar-refractivity contribution < 1.29 is 14.7 Å². The van der Waals surface area contributed by atoms with Crippen molar-refractivity contribution in [1.82, 2.24) is 4.90 Å². The van der Waals surface area contributed by atoms with Crippen molar-refractivity contribution in [3.8, 4) is 0 Å². The minimum absolute atomic E-state index is 0.0210. The molecule has 8 heteroatoms. The fraction of sp³-hybridized carbons (Fsp3) is 0.727. The van der Waals surface area contributed by atoms with Crippen LogP contribution in [0.3, 0.4) is 0 Å². The van der Waals surface area contributed by atoms with E-state index in [2.05, 4.69) is 4.99 Å². The van der Waals surface area contributed by atoms with Gasteiger partial charge in [0.1, 0.15) is 6.04 Å². The van der Waals surface area contributed by atoms with Gasteiger partial charge in [0.2, 0.25) is 5.91 Å². The normalized spacial score (nSPS) is 20.4. The maximum atomic E-state index is 11.8. The summed E-state index contributed by atoms with van der Waals surface area (Å²) < 4.78 is 0. The zero-order chi connectivity index (χ0) is 14.4. The number of carboxylic acid groups (broad SMARTS) is 1. The SMILES string of the molecule is NCC1CC(=O)N(C(CCCN=C(N)N)C(=O)O)C1. The molecule has 1 aliphatic rings. The number of rotatable bonds is 7. The molecule has 7 N–H and O–H groups in total. The first-order valence-electron chi connectivity index (χ1n) is 6.23. The average molecular weight is 271 g/mol. The van der Waals surface area contributed by atoms with Crippen LogP contribution in [-0.4, -0.2) is 53.5 Å². The molecule has 108 valence electrons. The minimum atomic E-state index is -1.00. The smallest absolute Gasteiger partial charge is 0.326 e. The Balaban J connectivity index is 2.55. The van der Waals surface area contributed by atoms with Gasteiger partial charge in [-0.15, -0.1) is 0 Å². The molecule has 1 heterocycles. The van der Waals surface area contributed by atoms with Crippen LogP contribution in [0.4, 0.5) is 0 Å². The molecule has 1 amide bonds. The van der Waals surface area contributed by atoms with Crippen LogP contribution in [0.5, 0.6) is 0 Å². The van der Waals surface area contributed by atoms with E-state index >= 15 is 0 Å². The third-order valence-electron chi connectivity index (χ3n) is 3.16. The summed E-state index contributed by atoms with van der Waals surface area (Å²) in [5.41, 5.74) is 15.9. The molecule has 1 aliphatic heterocycles. The number of hydrogen-bond donors (Lipinski definition) is 4. The quantitative estimate of drug-likeness (QED) is 0.246. The third kappa shape index (κ3) is 4.40. The van der Waals surface area contributed by atoms with Crippen molar-refractivity contribution >= 4 is 17.8 Å². The van der Waals surface area contributed by atoms with Crippen molar-refractivity contribution in [1.29, 1.82) is 0 Å². The second-order valence-corrected chi connectivity index (χ2v) is 4.65. The van der Waals surface area contributed by atoms with E-state index in [9.17, 15) is 14.7 Å². The van der Waals surface area contributed by atoms with Crippen molar-refractivity contribution in [3.63, 3.8) is 0 Å². The standard InChI is InChI=1S/C11H21N5O3/c12-5-7-4-9(17)16(6-7)8(10(18)19)2-1-3-15-11(13)14/h7-8H,1-6,12H2,(H,18,19)(H4,13,14,15). The Morgan fingerprint density at radius 1 is 1.53 bits per heavy atom. The van der Waals surface area contributed by atoms with Gasteiger partial charge in [-0.2, -0.15) is 0 Å². The fourth-order valence-electron chi connectivity index (χ4n) is 2.17. The molecule has 0 radical (unpaired) electrons. The van der Waals surface area contributed by atoms with Gasteiger partial charge < -0.3 is 27.2 Å². The van der Waals surface area contributed by atoms with Crippen molar-refractivity contribution in [2.24, 2.45) is 28.1 Å². The zero-order valence-corrected chi connectivity index (χ0v) is 10.8. The van der Waals surface area contributed by atoms with Crippen LogP contribution in [0, 0.1) is 5.92 Å². The van der Waals surface area contributed by atoms with Gasteiger partial charge in [-0.3, -0.25) is 9.79 Å². The van der Waals surface area contributed by atoms with Crippen LogP contribution >= 0.6 is 0 Å². The van der Waals surface area contributed by atoms with Gasteiger partial charge in [0.15, 0.2) is 5.96 Å². The number of nitrogens with two attached hydrogens (primary N) is 3. The van der Waals surface area contributed by atoms with Gasteiger partial charge in [0.25, 0.3) is 0 Å². The first kappa shape index (κ1) is 15.2. The molecular weight excluding hydrogens is 250 g/mol. The first-order valence-corrected chi connectivity index (χ1v) is 6.23. The number of guanidine groups is 1. The Labute approximate surface area is 111 Å². The van der Waals surface area contributed by atoms with Gasteiger partial charge in [-0.25, -0.2) is 4.79 Å². The molecule has 0 aliphatic carbocycles. The fourth-order valence-corrected chi connectivity index (χ4v) is 2.17. The van der Waals surface area contributed by atoms with E-state index in [1.54, 1.807) is 0 Å². The van der Waals surface area contributed by atoms with Crippen LogP contribution in [0.15, 0.2) is 4.99 Å². The molecule has 0 bridgehead atoms.